The number of nitrogens with zero attached hydrogens (tertiary/aromatic N) is 1. The van der Waals surface area contributed by atoms with Gasteiger partial charge in [0.1, 0.15) is 11.7 Å². The summed E-state index contributed by atoms with van der Waals surface area (Å²) in [6.07, 6.45) is -12.2. The third kappa shape index (κ3) is 8.55. The van der Waals surface area contributed by atoms with Crippen LogP contribution in [0.15, 0.2) is 48.5 Å². The van der Waals surface area contributed by atoms with E-state index >= 15 is 0 Å². The van der Waals surface area contributed by atoms with Crippen LogP contribution in [-0.4, -0.2) is 56.2 Å². The van der Waals surface area contributed by atoms with Crippen molar-refractivity contribution in [3.8, 4) is 0 Å². The molecule has 0 radical (unpaired) electrons. The molecule has 3 rings (SSSR count). The average molecular weight is 648 g/mol. The Morgan fingerprint density at radius 3 is 1.84 bits per heavy atom. The number of carbonyl (C=O) groups excluding carboxylic acids is 2. The van der Waals surface area contributed by atoms with Gasteiger partial charge in [0.15, 0.2) is 8.32 Å². The van der Waals surface area contributed by atoms with Crippen molar-refractivity contribution in [3.05, 3.63) is 70.8 Å². The van der Waals surface area contributed by atoms with Crippen molar-refractivity contribution in [1.29, 1.82) is 0 Å². The highest BCUT2D eigenvalue weighted by atomic mass is 28.4. The maximum absolute atomic E-state index is 13.5. The molecule has 0 aliphatic carbocycles. The average Bonchev–Trinajstić information content (AvgIpc) is 3.23. The van der Waals surface area contributed by atoms with Gasteiger partial charge in [0.25, 0.3) is 0 Å². The summed E-state index contributed by atoms with van der Waals surface area (Å²) < 4.78 is 98.7. The molecule has 13 heteroatoms. The molecule has 1 aliphatic rings. The highest BCUT2D eigenvalue weighted by Crippen LogP contribution is 2.42. The summed E-state index contributed by atoms with van der Waals surface area (Å²) in [6.45, 7) is 15.0. The Bertz CT molecular complexity index is 1300. The van der Waals surface area contributed by atoms with E-state index in [0.29, 0.717) is 17.7 Å². The number of ether oxygens (including phenoxy) is 2. The predicted molar refractivity (Wildman–Crippen MR) is 155 cm³/mol. The normalized spacial score (nSPS) is 20.0. The van der Waals surface area contributed by atoms with Gasteiger partial charge in [-0.05, 0) is 62.7 Å². The third-order valence-electron chi connectivity index (χ3n) is 7.91. The zero-order chi connectivity index (χ0) is 33.5. The minimum absolute atomic E-state index is 0.0329. The van der Waals surface area contributed by atoms with E-state index in [9.17, 15) is 35.9 Å². The van der Waals surface area contributed by atoms with Crippen molar-refractivity contribution >= 4 is 20.4 Å². The maximum atomic E-state index is 13.5. The first-order valence-electron chi connectivity index (χ1n) is 14.1. The van der Waals surface area contributed by atoms with E-state index in [1.54, 1.807) is 51.1 Å². The molecule has 0 spiro atoms. The molecule has 44 heavy (non-hydrogen) atoms. The lowest BCUT2D eigenvalue weighted by Gasteiger charge is -2.39. The molecule has 2 aromatic rings. The molecular formula is C31H39F6NO5Si. The Labute approximate surface area is 254 Å². The number of alkyl halides is 6. The lowest BCUT2D eigenvalue weighted by Crippen LogP contribution is -2.48. The van der Waals surface area contributed by atoms with E-state index in [2.05, 4.69) is 0 Å². The first-order chi connectivity index (χ1) is 19.9. The second-order valence-corrected chi connectivity index (χ2v) is 18.3. The van der Waals surface area contributed by atoms with Crippen molar-refractivity contribution < 1.29 is 49.8 Å². The van der Waals surface area contributed by atoms with Crippen LogP contribution in [0.1, 0.15) is 74.5 Å². The Hall–Kier alpha value is -3.06. The highest BCUT2D eigenvalue weighted by molar-refractivity contribution is 6.74. The van der Waals surface area contributed by atoms with E-state index in [4.69, 9.17) is 13.9 Å². The molecule has 1 heterocycles. The number of hydrogen-bond donors (Lipinski definition) is 0. The van der Waals surface area contributed by atoms with Crippen molar-refractivity contribution in [2.75, 3.05) is 13.2 Å². The zero-order valence-electron chi connectivity index (χ0n) is 26.0. The Morgan fingerprint density at radius 2 is 1.39 bits per heavy atom. The van der Waals surface area contributed by atoms with E-state index in [1.807, 2.05) is 33.9 Å². The summed E-state index contributed by atoms with van der Waals surface area (Å²) in [7, 11) is -2.37. The van der Waals surface area contributed by atoms with Gasteiger partial charge in [0.2, 0.25) is 0 Å². The highest BCUT2D eigenvalue weighted by Gasteiger charge is 2.50. The molecule has 3 atom stereocenters. The lowest BCUT2D eigenvalue weighted by molar-refractivity contribution is -0.143. The van der Waals surface area contributed by atoms with Crippen molar-refractivity contribution in [3.63, 3.8) is 0 Å². The largest absolute Gasteiger partial charge is 0.456 e. The van der Waals surface area contributed by atoms with Gasteiger partial charge in [-0.2, -0.15) is 26.3 Å². The molecule has 0 saturated carbocycles. The maximum Gasteiger partial charge on any atom is 0.416 e. The van der Waals surface area contributed by atoms with Gasteiger partial charge in [-0.3, -0.25) is 4.90 Å². The fraction of sp³-hybridized carbons (Fsp3) is 0.548. The molecule has 1 fully saturated rings. The summed E-state index contributed by atoms with van der Waals surface area (Å²) in [6, 6.07) is 8.58. The summed E-state index contributed by atoms with van der Waals surface area (Å²) in [5, 5.41) is -0.184. The van der Waals surface area contributed by atoms with E-state index in [1.165, 1.54) is 4.90 Å². The fourth-order valence-corrected chi connectivity index (χ4v) is 5.64. The van der Waals surface area contributed by atoms with Gasteiger partial charge in [0, 0.05) is 5.92 Å². The lowest BCUT2D eigenvalue weighted by atomic mass is 9.90. The Morgan fingerprint density at radius 1 is 0.864 bits per heavy atom. The molecule has 0 N–H and O–H groups in total. The van der Waals surface area contributed by atoms with Crippen LogP contribution in [0.3, 0.4) is 0 Å². The molecule has 3 unspecified atom stereocenters. The summed E-state index contributed by atoms with van der Waals surface area (Å²) in [5.74, 6) is -2.12. The molecule has 1 saturated heterocycles. The molecule has 1 aliphatic heterocycles. The minimum atomic E-state index is -5.14. The summed E-state index contributed by atoms with van der Waals surface area (Å²) in [5.41, 5.74) is -4.43. The van der Waals surface area contributed by atoms with Gasteiger partial charge in [0.05, 0.1) is 35.9 Å². The number of rotatable bonds is 6. The monoisotopic (exact) mass is 647 g/mol. The Balaban J connectivity index is 2.08. The molecule has 0 aromatic heterocycles. The van der Waals surface area contributed by atoms with Crippen LogP contribution < -0.4 is 0 Å². The number of benzene rings is 2. The van der Waals surface area contributed by atoms with Gasteiger partial charge in [-0.1, -0.05) is 51.1 Å². The second-order valence-electron chi connectivity index (χ2n) is 13.4. The number of likely N-dealkylation sites (tertiary alicyclic amines) is 1. The molecule has 0 bridgehead atoms. The second kappa shape index (κ2) is 12.4. The minimum Gasteiger partial charge on any atom is -0.456 e. The van der Waals surface area contributed by atoms with Crippen LogP contribution in [0, 0.1) is 0 Å². The molecule has 2 aromatic carbocycles. The molecular weight excluding hydrogens is 608 g/mol. The van der Waals surface area contributed by atoms with Crippen LogP contribution in [0.5, 0.6) is 0 Å². The van der Waals surface area contributed by atoms with E-state index < -0.39 is 73.1 Å². The smallest absolute Gasteiger partial charge is 0.416 e. The number of hydrogen-bond acceptors (Lipinski definition) is 5. The standard InChI is InChI=1S/C31H39F6NO5Si/c1-28(2,3)43-27(40)38-17-24(42-26(39)20-14-21(30(32,33)34)16-22(15-20)31(35,36)37)25(19-12-10-9-11-13-19)23(38)18-41-44(7,8)29(4,5)6/h9-16,23-25H,17-18H2,1-8H3. The SMILES string of the molecule is CC(C)(C)OC(=O)N1CC(OC(=O)c2cc(C(F)(F)F)cc(C(F)(F)F)c2)C(c2ccccc2)C1CO[Si](C)(C)C(C)(C)C. The predicted octanol–water partition coefficient (Wildman–Crippen LogP) is 8.67. The van der Waals surface area contributed by atoms with Crippen LogP contribution in [-0.2, 0) is 26.3 Å². The first kappa shape index (κ1) is 35.4. The van der Waals surface area contributed by atoms with Gasteiger partial charge in [-0.25, -0.2) is 9.59 Å². The molecule has 244 valence electrons. The summed E-state index contributed by atoms with van der Waals surface area (Å²) >= 11 is 0. The molecule has 6 nitrogen and oxygen atoms in total. The van der Waals surface area contributed by atoms with Gasteiger partial charge in [-0.15, -0.1) is 0 Å². The van der Waals surface area contributed by atoms with Crippen molar-refractivity contribution in [2.45, 2.75) is 95.7 Å². The van der Waals surface area contributed by atoms with E-state index in [-0.39, 0.29) is 24.3 Å². The van der Waals surface area contributed by atoms with Gasteiger partial charge < -0.3 is 13.9 Å². The van der Waals surface area contributed by atoms with Crippen LogP contribution >= 0.6 is 0 Å². The van der Waals surface area contributed by atoms with E-state index in [0.717, 1.165) is 0 Å². The third-order valence-corrected chi connectivity index (χ3v) is 12.4. The van der Waals surface area contributed by atoms with Crippen LogP contribution in [0.25, 0.3) is 0 Å². The number of esters is 1. The first-order valence-corrected chi connectivity index (χ1v) is 17.0. The van der Waals surface area contributed by atoms with Gasteiger partial charge >= 0.3 is 24.4 Å². The quantitative estimate of drug-likeness (QED) is 0.178. The van der Waals surface area contributed by atoms with Crippen LogP contribution in [0.2, 0.25) is 18.1 Å². The topological polar surface area (TPSA) is 65.1 Å². The number of carbonyl (C=O) groups is 2. The zero-order valence-corrected chi connectivity index (χ0v) is 27.0. The fourth-order valence-electron chi connectivity index (χ4n) is 4.62. The van der Waals surface area contributed by atoms with Crippen molar-refractivity contribution in [2.24, 2.45) is 0 Å². The summed E-state index contributed by atoms with van der Waals surface area (Å²) in [4.78, 5) is 28.1. The Kier molecular flexibility index (Phi) is 9.96. The van der Waals surface area contributed by atoms with Crippen LogP contribution in [0.4, 0.5) is 31.1 Å². The number of amides is 1. The van der Waals surface area contributed by atoms with Crippen molar-refractivity contribution in [1.82, 2.24) is 4.90 Å². The molecule has 1 amide bonds. The number of halogens is 6.